The molecule has 1 heterocycles. The van der Waals surface area contributed by atoms with E-state index in [1.807, 2.05) is 50.2 Å². The van der Waals surface area contributed by atoms with Gasteiger partial charge in [-0.3, -0.25) is 0 Å². The number of hydrogen-bond acceptors (Lipinski definition) is 2. The topological polar surface area (TPSA) is 21.3 Å². The van der Waals surface area contributed by atoms with Crippen LogP contribution in [0.25, 0.3) is 0 Å². The number of aryl methyl sites for hydroxylation is 1. The lowest BCUT2D eigenvalue weighted by atomic mass is 9.68. The van der Waals surface area contributed by atoms with Gasteiger partial charge in [0, 0.05) is 17.5 Å². The monoisotopic (exact) mass is 431 g/mol. The summed E-state index contributed by atoms with van der Waals surface area (Å²) in [4.78, 5) is 0. The minimum absolute atomic E-state index is 0.110. The zero-order valence-electron chi connectivity index (χ0n) is 19.3. The fourth-order valence-electron chi connectivity index (χ4n) is 5.14. The Morgan fingerprint density at radius 1 is 1.16 bits per heavy atom. The van der Waals surface area contributed by atoms with Crippen LogP contribution < -0.4 is 10.1 Å². The average Bonchev–Trinajstić information content (AvgIpc) is 2.84. The van der Waals surface area contributed by atoms with Crippen LogP contribution in [0.3, 0.4) is 0 Å². The van der Waals surface area contributed by atoms with E-state index >= 15 is 4.39 Å². The van der Waals surface area contributed by atoms with Crippen LogP contribution in [0.1, 0.15) is 54.4 Å². The molecule has 1 aliphatic carbocycles. The van der Waals surface area contributed by atoms with E-state index in [2.05, 4.69) is 36.2 Å². The van der Waals surface area contributed by atoms with Gasteiger partial charge in [0.2, 0.25) is 0 Å². The molecule has 1 atom stereocenters. The predicted octanol–water partition coefficient (Wildman–Crippen LogP) is 7.11. The van der Waals surface area contributed by atoms with Crippen LogP contribution in [0.15, 0.2) is 73.0 Å². The van der Waals surface area contributed by atoms with Crippen LogP contribution in [-0.4, -0.2) is 6.04 Å². The molecular formula is C29H34FNO. The molecule has 168 valence electrons. The third kappa shape index (κ3) is 4.67. The number of benzene rings is 2. The summed E-state index contributed by atoms with van der Waals surface area (Å²) in [6.45, 7) is 8.43. The summed E-state index contributed by atoms with van der Waals surface area (Å²) in [5.74, 6) is 0.0589. The van der Waals surface area contributed by atoms with Gasteiger partial charge in [-0.1, -0.05) is 67.8 Å². The maximum absolute atomic E-state index is 15.2. The Morgan fingerprint density at radius 3 is 2.62 bits per heavy atom. The van der Waals surface area contributed by atoms with Crippen molar-refractivity contribution in [2.75, 3.05) is 0 Å². The molecule has 0 unspecified atom stereocenters. The Hall–Kier alpha value is -2.81. The van der Waals surface area contributed by atoms with Gasteiger partial charge >= 0.3 is 0 Å². The van der Waals surface area contributed by atoms with E-state index in [0.29, 0.717) is 24.3 Å². The van der Waals surface area contributed by atoms with E-state index in [9.17, 15) is 0 Å². The molecule has 2 aromatic rings. The smallest absolute Gasteiger partial charge is 0.168 e. The Morgan fingerprint density at radius 2 is 1.91 bits per heavy atom. The van der Waals surface area contributed by atoms with Gasteiger partial charge in [0.15, 0.2) is 11.6 Å². The Bertz CT molecular complexity index is 1020. The zero-order valence-corrected chi connectivity index (χ0v) is 19.3. The van der Waals surface area contributed by atoms with Crippen molar-refractivity contribution < 1.29 is 9.13 Å². The predicted molar refractivity (Wildman–Crippen MR) is 130 cm³/mol. The average molecular weight is 432 g/mol. The number of nitrogens with one attached hydrogen (secondary N) is 1. The first-order chi connectivity index (χ1) is 15.5. The van der Waals surface area contributed by atoms with Crippen molar-refractivity contribution in [1.29, 1.82) is 0 Å². The van der Waals surface area contributed by atoms with Crippen LogP contribution in [0, 0.1) is 25.1 Å². The third-order valence-corrected chi connectivity index (χ3v) is 7.18. The highest BCUT2D eigenvalue weighted by molar-refractivity contribution is 5.45. The molecule has 2 aromatic carbocycles. The second-order valence-corrected chi connectivity index (χ2v) is 9.26. The van der Waals surface area contributed by atoms with Crippen LogP contribution >= 0.6 is 0 Å². The molecule has 0 saturated heterocycles. The molecule has 2 aliphatic rings. The van der Waals surface area contributed by atoms with Gasteiger partial charge in [-0.2, -0.15) is 0 Å². The van der Waals surface area contributed by atoms with Crippen LogP contribution in [-0.2, 0) is 13.0 Å². The van der Waals surface area contributed by atoms with Crippen LogP contribution in [0.5, 0.6) is 5.75 Å². The summed E-state index contributed by atoms with van der Waals surface area (Å²) < 4.78 is 21.0. The largest absolute Gasteiger partial charge is 0.486 e. The van der Waals surface area contributed by atoms with Crippen molar-refractivity contribution in [2.45, 2.75) is 65.0 Å². The zero-order chi connectivity index (χ0) is 22.6. The van der Waals surface area contributed by atoms with E-state index in [4.69, 9.17) is 4.74 Å². The molecular weight excluding hydrogens is 397 g/mol. The fraction of sp³-hybridized carbons (Fsp3) is 0.379. The van der Waals surface area contributed by atoms with Crippen molar-refractivity contribution in [3.05, 3.63) is 101 Å². The number of dihydropyridines is 1. The fourth-order valence-corrected chi connectivity index (χ4v) is 5.14. The quantitative estimate of drug-likeness (QED) is 0.472. The summed E-state index contributed by atoms with van der Waals surface area (Å²) in [5, 5.41) is 3.75. The van der Waals surface area contributed by atoms with Gasteiger partial charge in [-0.25, -0.2) is 4.39 Å². The molecule has 1 aliphatic heterocycles. The molecule has 1 fully saturated rings. The van der Waals surface area contributed by atoms with Crippen LogP contribution in [0.4, 0.5) is 4.39 Å². The number of hydrogen-bond donors (Lipinski definition) is 1. The third-order valence-electron chi connectivity index (χ3n) is 7.18. The highest BCUT2D eigenvalue weighted by atomic mass is 19.1. The molecule has 0 radical (unpaired) electrons. The van der Waals surface area contributed by atoms with Gasteiger partial charge in [0.25, 0.3) is 0 Å². The van der Waals surface area contributed by atoms with Crippen LogP contribution in [0.2, 0.25) is 0 Å². The Balaban J connectivity index is 1.49. The van der Waals surface area contributed by atoms with E-state index in [1.165, 1.54) is 32.1 Å². The second-order valence-electron chi connectivity index (χ2n) is 9.26. The van der Waals surface area contributed by atoms with E-state index in [0.717, 1.165) is 22.4 Å². The molecule has 0 amide bonds. The Labute approximate surface area is 191 Å². The SMILES string of the molecule is C=CC1([C@@H]2C=CC=C(Cc3c(C)cc(OCc4ccccc4)c(F)c3C)N2)CCCCC1. The first-order valence-corrected chi connectivity index (χ1v) is 11.8. The molecule has 0 aromatic heterocycles. The summed E-state index contributed by atoms with van der Waals surface area (Å²) in [6, 6.07) is 11.9. The first kappa shape index (κ1) is 22.4. The van der Waals surface area contributed by atoms with Gasteiger partial charge in [-0.15, -0.1) is 6.58 Å². The van der Waals surface area contributed by atoms with Gasteiger partial charge < -0.3 is 10.1 Å². The Kier molecular flexibility index (Phi) is 6.83. The standard InChI is InChI=1S/C29H34FNO/c1-4-29(16-9-6-10-17-29)27-15-11-14-24(31-27)19-25-21(2)18-26(28(30)22(25)3)32-20-23-12-7-5-8-13-23/h4-5,7-8,11-15,18,27,31H,1,6,9-10,16-17,19-20H2,2-3H3/t27-/m0/s1. The number of ether oxygens (including phenoxy) is 1. The first-order valence-electron chi connectivity index (χ1n) is 11.8. The van der Waals surface area contributed by atoms with Crippen molar-refractivity contribution in [2.24, 2.45) is 5.41 Å². The second kappa shape index (κ2) is 9.77. The minimum Gasteiger partial charge on any atom is -0.486 e. The molecule has 3 heteroatoms. The number of allylic oxidation sites excluding steroid dienone is 3. The molecule has 0 bridgehead atoms. The van der Waals surface area contributed by atoms with E-state index < -0.39 is 0 Å². The molecule has 32 heavy (non-hydrogen) atoms. The summed E-state index contributed by atoms with van der Waals surface area (Å²) >= 11 is 0. The normalized spacial score (nSPS) is 19.7. The summed E-state index contributed by atoms with van der Waals surface area (Å²) in [7, 11) is 0. The number of rotatable bonds is 7. The summed E-state index contributed by atoms with van der Waals surface area (Å²) in [5.41, 5.74) is 5.01. The van der Waals surface area contributed by atoms with Crippen molar-refractivity contribution in [1.82, 2.24) is 5.32 Å². The maximum Gasteiger partial charge on any atom is 0.168 e. The maximum atomic E-state index is 15.2. The lowest BCUT2D eigenvalue weighted by molar-refractivity contribution is 0.214. The highest BCUT2D eigenvalue weighted by Gasteiger charge is 2.36. The lowest BCUT2D eigenvalue weighted by Gasteiger charge is -2.42. The minimum atomic E-state index is -0.264. The molecule has 4 rings (SSSR count). The summed E-state index contributed by atoms with van der Waals surface area (Å²) in [6.07, 6.45) is 15.5. The van der Waals surface area contributed by atoms with Gasteiger partial charge in [-0.05, 0) is 61.1 Å². The van der Waals surface area contributed by atoms with Crippen molar-refractivity contribution in [3.8, 4) is 5.75 Å². The molecule has 0 spiro atoms. The molecule has 1 saturated carbocycles. The van der Waals surface area contributed by atoms with Crippen molar-refractivity contribution >= 4 is 0 Å². The highest BCUT2D eigenvalue weighted by Crippen LogP contribution is 2.42. The molecule has 1 N–H and O–H groups in total. The lowest BCUT2D eigenvalue weighted by Crippen LogP contribution is -2.45. The van der Waals surface area contributed by atoms with Crippen molar-refractivity contribution in [3.63, 3.8) is 0 Å². The molecule has 2 nitrogen and oxygen atoms in total. The van der Waals surface area contributed by atoms with Gasteiger partial charge in [0.1, 0.15) is 6.61 Å². The van der Waals surface area contributed by atoms with Gasteiger partial charge in [0.05, 0.1) is 6.04 Å². The van der Waals surface area contributed by atoms with E-state index in [-0.39, 0.29) is 17.3 Å². The number of halogens is 1. The van der Waals surface area contributed by atoms with E-state index in [1.54, 1.807) is 0 Å².